The first-order valence-corrected chi connectivity index (χ1v) is 6.46. The lowest BCUT2D eigenvalue weighted by molar-refractivity contribution is -0.116. The van der Waals surface area contributed by atoms with Gasteiger partial charge < -0.3 is 20.4 Å². The maximum absolute atomic E-state index is 11.8. The lowest BCUT2D eigenvalue weighted by atomic mass is 10.3. The molecule has 0 atom stereocenters. The second-order valence-corrected chi connectivity index (χ2v) is 4.26. The largest absolute Gasteiger partial charge is 0.492 e. The Morgan fingerprint density at radius 2 is 2.00 bits per heavy atom. The lowest BCUT2D eigenvalue weighted by Crippen LogP contribution is -2.14. The van der Waals surface area contributed by atoms with Crippen LogP contribution in [0.15, 0.2) is 43.0 Å². The average molecular weight is 347 g/mol. The van der Waals surface area contributed by atoms with Crippen LogP contribution >= 0.6 is 24.8 Å². The molecule has 0 aliphatic heterocycles. The molecule has 0 fully saturated rings. The van der Waals surface area contributed by atoms with Crippen LogP contribution in [0.3, 0.4) is 0 Å². The third kappa shape index (κ3) is 6.80. The smallest absolute Gasteiger partial charge is 0.226 e. The van der Waals surface area contributed by atoms with Gasteiger partial charge in [0.15, 0.2) is 0 Å². The summed E-state index contributed by atoms with van der Waals surface area (Å²) < 4.78 is 7.23. The van der Waals surface area contributed by atoms with Crippen LogP contribution in [-0.2, 0) is 11.3 Å². The van der Waals surface area contributed by atoms with E-state index in [1.54, 1.807) is 36.8 Å². The summed E-state index contributed by atoms with van der Waals surface area (Å²) in [5.41, 5.74) is 6.11. The number of carbonyl (C=O) groups is 1. The van der Waals surface area contributed by atoms with Crippen molar-refractivity contribution in [1.29, 1.82) is 0 Å². The van der Waals surface area contributed by atoms with Crippen LogP contribution in [0.5, 0.6) is 5.75 Å². The summed E-state index contributed by atoms with van der Waals surface area (Å²) in [4.78, 5) is 15.7. The number of carbonyl (C=O) groups excluding carboxylic acids is 1. The van der Waals surface area contributed by atoms with Crippen LogP contribution in [0.2, 0.25) is 0 Å². The van der Waals surface area contributed by atoms with Crippen molar-refractivity contribution in [2.45, 2.75) is 13.0 Å². The molecule has 0 spiro atoms. The number of hydrogen-bond donors (Lipinski definition) is 2. The number of rotatable bonds is 7. The molecule has 1 aromatic heterocycles. The van der Waals surface area contributed by atoms with E-state index in [0.29, 0.717) is 26.1 Å². The van der Waals surface area contributed by atoms with Gasteiger partial charge in [0.05, 0.1) is 6.33 Å². The van der Waals surface area contributed by atoms with Gasteiger partial charge in [-0.25, -0.2) is 4.98 Å². The zero-order valence-electron chi connectivity index (χ0n) is 12.0. The van der Waals surface area contributed by atoms with E-state index in [2.05, 4.69) is 10.3 Å². The van der Waals surface area contributed by atoms with Crippen molar-refractivity contribution in [2.75, 3.05) is 18.5 Å². The van der Waals surface area contributed by atoms with Crippen molar-refractivity contribution >= 4 is 36.4 Å². The summed E-state index contributed by atoms with van der Waals surface area (Å²) in [6.07, 6.45) is 5.62. The number of benzene rings is 1. The summed E-state index contributed by atoms with van der Waals surface area (Å²) in [6.45, 7) is 1.58. The van der Waals surface area contributed by atoms with Crippen molar-refractivity contribution in [3.05, 3.63) is 43.0 Å². The zero-order chi connectivity index (χ0) is 14.2. The van der Waals surface area contributed by atoms with Crippen LogP contribution in [0.4, 0.5) is 5.69 Å². The number of nitrogens with zero attached hydrogens (tertiary/aromatic N) is 2. The van der Waals surface area contributed by atoms with Crippen molar-refractivity contribution in [2.24, 2.45) is 5.73 Å². The van der Waals surface area contributed by atoms with Crippen molar-refractivity contribution in [1.82, 2.24) is 9.55 Å². The first kappa shape index (κ1) is 20.2. The molecule has 0 radical (unpaired) electrons. The van der Waals surface area contributed by atoms with E-state index >= 15 is 0 Å². The number of anilines is 1. The van der Waals surface area contributed by atoms with Crippen molar-refractivity contribution < 1.29 is 9.53 Å². The fraction of sp³-hybridized carbons (Fsp3) is 0.286. The van der Waals surface area contributed by atoms with E-state index in [1.165, 1.54) is 0 Å². The molecular weight excluding hydrogens is 327 g/mol. The molecule has 8 heteroatoms. The standard InChI is InChI=1S/C14H18N4O2.2ClH/c15-6-10-20-13-3-1-12(2-4-13)17-14(19)5-8-18-9-7-16-11-18;;/h1-4,7,9,11H,5-6,8,10,15H2,(H,17,19);2*1H. The quantitative estimate of drug-likeness (QED) is 0.804. The molecule has 0 bridgehead atoms. The molecule has 0 aliphatic carbocycles. The molecule has 1 heterocycles. The summed E-state index contributed by atoms with van der Waals surface area (Å²) >= 11 is 0. The van der Waals surface area contributed by atoms with Gasteiger partial charge >= 0.3 is 0 Å². The highest BCUT2D eigenvalue weighted by Gasteiger charge is 2.03. The maximum Gasteiger partial charge on any atom is 0.226 e. The number of amides is 1. The maximum atomic E-state index is 11.8. The van der Waals surface area contributed by atoms with Gasteiger partial charge in [-0.1, -0.05) is 0 Å². The third-order valence-electron chi connectivity index (χ3n) is 2.68. The normalized spacial score (nSPS) is 9.32. The first-order chi connectivity index (χ1) is 9.78. The highest BCUT2D eigenvalue weighted by Crippen LogP contribution is 2.15. The van der Waals surface area contributed by atoms with Crippen LogP contribution < -0.4 is 15.8 Å². The summed E-state index contributed by atoms with van der Waals surface area (Å²) in [6, 6.07) is 7.23. The van der Waals surface area contributed by atoms with Gasteiger partial charge in [-0.3, -0.25) is 4.79 Å². The fourth-order valence-electron chi connectivity index (χ4n) is 1.68. The van der Waals surface area contributed by atoms with Gasteiger partial charge in [0.25, 0.3) is 0 Å². The number of hydrogen-bond acceptors (Lipinski definition) is 4. The van der Waals surface area contributed by atoms with Gasteiger partial charge in [-0.05, 0) is 24.3 Å². The molecular formula is C14H20Cl2N4O2. The third-order valence-corrected chi connectivity index (χ3v) is 2.68. The highest BCUT2D eigenvalue weighted by molar-refractivity contribution is 5.90. The van der Waals surface area contributed by atoms with Crippen LogP contribution in [0.1, 0.15) is 6.42 Å². The topological polar surface area (TPSA) is 82.2 Å². The zero-order valence-corrected chi connectivity index (χ0v) is 13.6. The van der Waals surface area contributed by atoms with E-state index in [0.717, 1.165) is 11.4 Å². The predicted molar refractivity (Wildman–Crippen MR) is 91.0 cm³/mol. The Balaban J connectivity index is 0.00000220. The molecule has 0 saturated carbocycles. The monoisotopic (exact) mass is 346 g/mol. The molecule has 6 nitrogen and oxygen atoms in total. The first-order valence-electron chi connectivity index (χ1n) is 6.46. The van der Waals surface area contributed by atoms with Crippen LogP contribution in [-0.4, -0.2) is 28.6 Å². The number of aromatic nitrogens is 2. The fourth-order valence-corrected chi connectivity index (χ4v) is 1.68. The van der Waals surface area contributed by atoms with E-state index in [4.69, 9.17) is 10.5 Å². The Morgan fingerprint density at radius 1 is 1.27 bits per heavy atom. The van der Waals surface area contributed by atoms with Gasteiger partial charge in [-0.2, -0.15) is 0 Å². The minimum atomic E-state index is -0.0330. The number of nitrogens with one attached hydrogen (secondary N) is 1. The second-order valence-electron chi connectivity index (χ2n) is 4.26. The van der Waals surface area contributed by atoms with E-state index in [-0.39, 0.29) is 30.7 Å². The Morgan fingerprint density at radius 3 is 2.59 bits per heavy atom. The summed E-state index contributed by atoms with van der Waals surface area (Å²) in [7, 11) is 0. The lowest BCUT2D eigenvalue weighted by Gasteiger charge is -2.08. The van der Waals surface area contributed by atoms with Gasteiger partial charge in [0.1, 0.15) is 12.4 Å². The Bertz CT molecular complexity index is 532. The minimum absolute atomic E-state index is 0. The number of halogens is 2. The van der Waals surface area contributed by atoms with Gasteiger partial charge in [0, 0.05) is 37.6 Å². The Kier molecular flexibility index (Phi) is 10.0. The number of imidazole rings is 1. The molecule has 0 unspecified atom stereocenters. The summed E-state index contributed by atoms with van der Waals surface area (Å²) in [5, 5.41) is 2.83. The predicted octanol–water partition coefficient (Wildman–Crippen LogP) is 2.09. The minimum Gasteiger partial charge on any atom is -0.492 e. The molecule has 22 heavy (non-hydrogen) atoms. The molecule has 2 aromatic rings. The molecule has 1 aromatic carbocycles. The summed E-state index contributed by atoms with van der Waals surface area (Å²) in [5.74, 6) is 0.709. The van der Waals surface area contributed by atoms with E-state index in [9.17, 15) is 4.79 Å². The molecule has 0 aliphatic rings. The van der Waals surface area contributed by atoms with Crippen LogP contribution in [0.25, 0.3) is 0 Å². The van der Waals surface area contributed by atoms with Gasteiger partial charge in [-0.15, -0.1) is 24.8 Å². The molecule has 0 saturated heterocycles. The van der Waals surface area contributed by atoms with E-state index < -0.39 is 0 Å². The Labute approximate surface area is 141 Å². The SMILES string of the molecule is Cl.Cl.NCCOc1ccc(NC(=O)CCn2ccnc2)cc1. The molecule has 2 rings (SSSR count). The van der Waals surface area contributed by atoms with Crippen molar-refractivity contribution in [3.63, 3.8) is 0 Å². The number of ether oxygens (including phenoxy) is 1. The molecule has 1 amide bonds. The molecule has 122 valence electrons. The average Bonchev–Trinajstić information content (AvgIpc) is 2.98. The number of nitrogens with two attached hydrogens (primary N) is 1. The Hall–Kier alpha value is -1.76. The van der Waals surface area contributed by atoms with Crippen LogP contribution in [0, 0.1) is 0 Å². The molecule has 3 N–H and O–H groups in total. The highest BCUT2D eigenvalue weighted by atomic mass is 35.5. The second kappa shape index (κ2) is 10.9. The van der Waals surface area contributed by atoms with Crippen molar-refractivity contribution in [3.8, 4) is 5.75 Å². The van der Waals surface area contributed by atoms with E-state index in [1.807, 2.05) is 10.8 Å². The number of aryl methyl sites for hydroxylation is 1. The van der Waals surface area contributed by atoms with Gasteiger partial charge in [0.2, 0.25) is 5.91 Å².